The van der Waals surface area contributed by atoms with Gasteiger partial charge in [0.15, 0.2) is 0 Å². The van der Waals surface area contributed by atoms with E-state index >= 15 is 0 Å². The lowest BCUT2D eigenvalue weighted by Crippen LogP contribution is -2.32. The van der Waals surface area contributed by atoms with Crippen LogP contribution in [-0.2, 0) is 9.53 Å². The van der Waals surface area contributed by atoms with E-state index in [1.165, 1.54) is 0 Å². The number of nitrogens with zero attached hydrogens (tertiary/aromatic N) is 1. The molecule has 0 saturated heterocycles. The average Bonchev–Trinajstić information content (AvgIpc) is 2.46. The molecular formula is C16H16ClN3O2. The monoisotopic (exact) mass is 317 g/mol. The van der Waals surface area contributed by atoms with Gasteiger partial charge < -0.3 is 15.8 Å². The third-order valence-electron chi connectivity index (χ3n) is 3.39. The number of nitrogens with one attached hydrogen (secondary N) is 1. The van der Waals surface area contributed by atoms with Gasteiger partial charge in [-0.3, -0.25) is 0 Å². The summed E-state index contributed by atoms with van der Waals surface area (Å²) in [6, 6.07) is 9.09. The number of carbonyl (C=O) groups is 1. The van der Waals surface area contributed by atoms with Crippen molar-refractivity contribution in [1.29, 1.82) is 5.26 Å². The number of benzene rings is 1. The van der Waals surface area contributed by atoms with Crippen LogP contribution in [0, 0.1) is 11.3 Å². The van der Waals surface area contributed by atoms with Gasteiger partial charge in [-0.25, -0.2) is 4.79 Å². The molecule has 0 aromatic heterocycles. The second kappa shape index (κ2) is 6.54. The van der Waals surface area contributed by atoms with Gasteiger partial charge in [-0.15, -0.1) is 0 Å². The SMILES string of the molecule is CCOC(=O)C1=C(C)NC(N)=C(C#N)C1c1cccc(Cl)c1. The number of rotatable bonds is 3. The van der Waals surface area contributed by atoms with Gasteiger partial charge in [-0.2, -0.15) is 5.26 Å². The third-order valence-corrected chi connectivity index (χ3v) is 3.63. The number of carbonyl (C=O) groups excluding carboxylic acids is 1. The summed E-state index contributed by atoms with van der Waals surface area (Å²) in [6.45, 7) is 3.71. The standard InChI is InChI=1S/C16H16ClN3O2/c1-3-22-16(21)13-9(2)20-15(19)12(8-18)14(13)10-5-4-6-11(17)7-10/h4-7,14,20H,3,19H2,1-2H3. The van der Waals surface area contributed by atoms with Crippen molar-refractivity contribution in [2.24, 2.45) is 5.73 Å². The predicted octanol–water partition coefficient (Wildman–Crippen LogP) is 2.56. The lowest BCUT2D eigenvalue weighted by atomic mass is 9.82. The number of esters is 1. The number of hydrogen-bond acceptors (Lipinski definition) is 5. The van der Waals surface area contributed by atoms with Gasteiger partial charge in [0.2, 0.25) is 0 Å². The summed E-state index contributed by atoms with van der Waals surface area (Å²) in [7, 11) is 0. The summed E-state index contributed by atoms with van der Waals surface area (Å²) in [5, 5.41) is 12.8. The predicted molar refractivity (Wildman–Crippen MR) is 83.5 cm³/mol. The van der Waals surface area contributed by atoms with E-state index in [2.05, 4.69) is 11.4 Å². The second-order valence-corrected chi connectivity index (χ2v) is 5.25. The molecule has 1 unspecified atom stereocenters. The van der Waals surface area contributed by atoms with Crippen LogP contribution in [0.15, 0.2) is 46.9 Å². The Hall–Kier alpha value is -2.45. The first-order valence-corrected chi connectivity index (χ1v) is 7.17. The lowest BCUT2D eigenvalue weighted by molar-refractivity contribution is -0.138. The molecule has 1 aromatic rings. The van der Waals surface area contributed by atoms with Gasteiger partial charge in [0, 0.05) is 10.7 Å². The largest absolute Gasteiger partial charge is 0.463 e. The van der Waals surface area contributed by atoms with Gasteiger partial charge in [-0.05, 0) is 31.5 Å². The van der Waals surface area contributed by atoms with Crippen molar-refractivity contribution in [3.63, 3.8) is 0 Å². The first-order valence-electron chi connectivity index (χ1n) is 6.79. The molecule has 0 amide bonds. The molecule has 0 aliphatic carbocycles. The molecule has 6 heteroatoms. The van der Waals surface area contributed by atoms with Crippen LogP contribution in [0.1, 0.15) is 25.3 Å². The van der Waals surface area contributed by atoms with Gasteiger partial charge in [0.25, 0.3) is 0 Å². The van der Waals surface area contributed by atoms with E-state index in [1.54, 1.807) is 38.1 Å². The minimum atomic E-state index is -0.594. The van der Waals surface area contributed by atoms with Crippen molar-refractivity contribution in [3.8, 4) is 6.07 Å². The highest BCUT2D eigenvalue weighted by Gasteiger charge is 2.34. The van der Waals surface area contributed by atoms with Crippen LogP contribution in [0.5, 0.6) is 0 Å². The van der Waals surface area contributed by atoms with Crippen molar-refractivity contribution in [2.45, 2.75) is 19.8 Å². The number of allylic oxidation sites excluding steroid dienone is 2. The number of nitriles is 1. The van der Waals surface area contributed by atoms with E-state index in [0.717, 1.165) is 5.56 Å². The zero-order valence-corrected chi connectivity index (χ0v) is 13.1. The summed E-state index contributed by atoms with van der Waals surface area (Å²) in [5.74, 6) is -0.834. The second-order valence-electron chi connectivity index (χ2n) is 4.81. The fourth-order valence-electron chi connectivity index (χ4n) is 2.48. The van der Waals surface area contributed by atoms with Crippen molar-refractivity contribution in [2.75, 3.05) is 6.61 Å². The molecule has 0 spiro atoms. The van der Waals surface area contributed by atoms with Crippen LogP contribution in [0.25, 0.3) is 0 Å². The maximum Gasteiger partial charge on any atom is 0.336 e. The first kappa shape index (κ1) is 15.9. The van der Waals surface area contributed by atoms with E-state index in [9.17, 15) is 10.1 Å². The summed E-state index contributed by atoms with van der Waals surface area (Å²) < 4.78 is 5.12. The zero-order valence-electron chi connectivity index (χ0n) is 12.3. The first-order chi connectivity index (χ1) is 10.5. The number of hydrogen-bond donors (Lipinski definition) is 2. The average molecular weight is 318 g/mol. The Kier molecular flexibility index (Phi) is 4.74. The topological polar surface area (TPSA) is 88.1 Å². The molecule has 1 aromatic carbocycles. The third kappa shape index (κ3) is 2.92. The zero-order chi connectivity index (χ0) is 16.3. The molecule has 0 bridgehead atoms. The molecule has 1 aliphatic heterocycles. The van der Waals surface area contributed by atoms with E-state index in [-0.39, 0.29) is 18.0 Å². The Balaban J connectivity index is 2.62. The molecule has 1 atom stereocenters. The molecule has 0 fully saturated rings. The fraction of sp³-hybridized carbons (Fsp3) is 0.250. The van der Waals surface area contributed by atoms with Crippen molar-refractivity contribution in [1.82, 2.24) is 5.32 Å². The smallest absolute Gasteiger partial charge is 0.336 e. The van der Waals surface area contributed by atoms with Crippen LogP contribution in [-0.4, -0.2) is 12.6 Å². The Morgan fingerprint density at radius 3 is 2.86 bits per heavy atom. The molecular weight excluding hydrogens is 302 g/mol. The molecule has 22 heavy (non-hydrogen) atoms. The van der Waals surface area contributed by atoms with E-state index in [0.29, 0.717) is 16.3 Å². The minimum absolute atomic E-state index is 0.234. The number of halogens is 1. The molecule has 1 aliphatic rings. The van der Waals surface area contributed by atoms with Crippen LogP contribution in [0.4, 0.5) is 0 Å². The van der Waals surface area contributed by atoms with Gasteiger partial charge >= 0.3 is 5.97 Å². The lowest BCUT2D eigenvalue weighted by Gasteiger charge is -2.28. The summed E-state index contributed by atoms with van der Waals surface area (Å²) >= 11 is 6.04. The van der Waals surface area contributed by atoms with Crippen LogP contribution >= 0.6 is 11.6 Å². The maximum absolute atomic E-state index is 12.3. The minimum Gasteiger partial charge on any atom is -0.463 e. The van der Waals surface area contributed by atoms with Crippen molar-refractivity contribution in [3.05, 3.63) is 57.5 Å². The molecule has 1 heterocycles. The fourth-order valence-corrected chi connectivity index (χ4v) is 2.68. The Morgan fingerprint density at radius 1 is 1.55 bits per heavy atom. The Labute approximate surface area is 134 Å². The Bertz CT molecular complexity index is 716. The van der Waals surface area contributed by atoms with E-state index < -0.39 is 11.9 Å². The van der Waals surface area contributed by atoms with Gasteiger partial charge in [0.1, 0.15) is 5.82 Å². The van der Waals surface area contributed by atoms with Gasteiger partial charge in [-0.1, -0.05) is 23.7 Å². The normalized spacial score (nSPS) is 17.8. The van der Waals surface area contributed by atoms with Crippen LogP contribution in [0.3, 0.4) is 0 Å². The molecule has 2 rings (SSSR count). The molecule has 3 N–H and O–H groups in total. The highest BCUT2D eigenvalue weighted by Crippen LogP contribution is 2.37. The summed E-state index contributed by atoms with van der Waals surface area (Å²) in [6.07, 6.45) is 0. The number of ether oxygens (including phenoxy) is 1. The highest BCUT2D eigenvalue weighted by molar-refractivity contribution is 6.30. The van der Waals surface area contributed by atoms with E-state index in [1.807, 2.05) is 0 Å². The van der Waals surface area contributed by atoms with Crippen LogP contribution in [0.2, 0.25) is 5.02 Å². The number of dihydropyridines is 1. The van der Waals surface area contributed by atoms with E-state index in [4.69, 9.17) is 22.1 Å². The van der Waals surface area contributed by atoms with Crippen LogP contribution < -0.4 is 11.1 Å². The Morgan fingerprint density at radius 2 is 2.27 bits per heavy atom. The summed E-state index contributed by atoms with van der Waals surface area (Å²) in [4.78, 5) is 12.3. The quantitative estimate of drug-likeness (QED) is 0.836. The van der Waals surface area contributed by atoms with Gasteiger partial charge in [0.05, 0.1) is 29.7 Å². The van der Waals surface area contributed by atoms with Crippen molar-refractivity contribution >= 4 is 17.6 Å². The van der Waals surface area contributed by atoms with Crippen molar-refractivity contribution < 1.29 is 9.53 Å². The number of nitrogens with two attached hydrogens (primary N) is 1. The molecule has 0 saturated carbocycles. The highest BCUT2D eigenvalue weighted by atomic mass is 35.5. The molecule has 0 radical (unpaired) electrons. The molecule has 5 nitrogen and oxygen atoms in total. The molecule has 114 valence electrons. The summed E-state index contributed by atoms with van der Waals surface area (Å²) in [5.41, 5.74) is 7.84. The maximum atomic E-state index is 12.3.